The van der Waals surface area contributed by atoms with Crippen LogP contribution in [0, 0.1) is 0 Å². The Balaban J connectivity index is 4.16. The molecule has 1 amide bonds. The van der Waals surface area contributed by atoms with Gasteiger partial charge < -0.3 is 28.8 Å². The molecule has 8 nitrogen and oxygen atoms in total. The number of amides is 1. The number of nitrogens with zero attached hydrogens (tertiary/aromatic N) is 1. The van der Waals surface area contributed by atoms with E-state index in [1.54, 1.807) is 0 Å². The van der Waals surface area contributed by atoms with Crippen LogP contribution in [0.4, 0.5) is 0 Å². The average Bonchev–Trinajstić information content (AvgIpc) is 3.34. The van der Waals surface area contributed by atoms with Crippen LogP contribution in [-0.2, 0) is 18.4 Å². The summed E-state index contributed by atoms with van der Waals surface area (Å²) in [6.45, 7) is 4.63. The number of allylic oxidation sites excluding steroid dienone is 12. The van der Waals surface area contributed by atoms with Crippen LogP contribution in [-0.4, -0.2) is 68.5 Å². The molecule has 0 aromatic heterocycles. The first kappa shape index (κ1) is 69.9. The molecule has 0 aromatic carbocycles. The zero-order valence-corrected chi connectivity index (χ0v) is 48.8. The number of likely N-dealkylation sites (N-methyl/N-ethyl adjacent to an activating group) is 1. The van der Waals surface area contributed by atoms with Crippen molar-refractivity contribution in [2.24, 2.45) is 0 Å². The van der Waals surface area contributed by atoms with Crippen LogP contribution >= 0.6 is 7.82 Å². The summed E-state index contributed by atoms with van der Waals surface area (Å²) in [6, 6.07) is -0.808. The number of hydrogen-bond acceptors (Lipinski definition) is 6. The van der Waals surface area contributed by atoms with E-state index in [0.717, 1.165) is 83.5 Å². The summed E-state index contributed by atoms with van der Waals surface area (Å²) in [7, 11) is 1.30. The molecule has 72 heavy (non-hydrogen) atoms. The molecular weight excluding hydrogens is 912 g/mol. The smallest absolute Gasteiger partial charge is 0.268 e. The van der Waals surface area contributed by atoms with Crippen LogP contribution in [0.2, 0.25) is 0 Å². The van der Waals surface area contributed by atoms with Gasteiger partial charge in [-0.1, -0.05) is 273 Å². The quantitative estimate of drug-likeness (QED) is 0.0272. The first-order chi connectivity index (χ1) is 35.0. The Bertz CT molecular complexity index is 1400. The molecule has 0 heterocycles. The van der Waals surface area contributed by atoms with E-state index in [2.05, 4.69) is 92.1 Å². The molecule has 9 heteroatoms. The van der Waals surface area contributed by atoms with Crippen molar-refractivity contribution in [2.75, 3.05) is 40.9 Å². The Morgan fingerprint density at radius 1 is 0.500 bits per heavy atom. The molecule has 3 unspecified atom stereocenters. The van der Waals surface area contributed by atoms with Gasteiger partial charge >= 0.3 is 0 Å². The van der Waals surface area contributed by atoms with E-state index in [0.29, 0.717) is 23.9 Å². The van der Waals surface area contributed by atoms with E-state index in [9.17, 15) is 19.4 Å². The van der Waals surface area contributed by atoms with Crippen molar-refractivity contribution in [3.05, 3.63) is 72.9 Å². The number of carbonyl (C=O) groups excluding carboxylic acids is 1. The first-order valence-electron chi connectivity index (χ1n) is 30.3. The summed E-state index contributed by atoms with van der Waals surface area (Å²) in [5, 5.41) is 14.0. The largest absolute Gasteiger partial charge is 0.756 e. The van der Waals surface area contributed by atoms with E-state index >= 15 is 0 Å². The lowest BCUT2D eigenvalue weighted by molar-refractivity contribution is -0.870. The number of phosphoric ester groups is 1. The Labute approximate surface area is 446 Å². The summed E-state index contributed by atoms with van der Waals surface area (Å²) in [4.78, 5) is 25.6. The van der Waals surface area contributed by atoms with E-state index in [1.807, 2.05) is 21.1 Å². The predicted octanol–water partition coefficient (Wildman–Crippen LogP) is 18.0. The maximum atomic E-state index is 13.0. The number of phosphoric acid groups is 1. The topological polar surface area (TPSA) is 108 Å². The third-order valence-electron chi connectivity index (χ3n) is 13.5. The number of quaternary nitrogens is 1. The molecule has 0 saturated heterocycles. The maximum Gasteiger partial charge on any atom is 0.268 e. The van der Waals surface area contributed by atoms with Gasteiger partial charge in [-0.3, -0.25) is 9.36 Å². The normalized spacial score (nSPS) is 14.4. The Kier molecular flexibility index (Phi) is 52.2. The Hall–Kier alpha value is -2.06. The van der Waals surface area contributed by atoms with Gasteiger partial charge in [0.15, 0.2) is 0 Å². The van der Waals surface area contributed by atoms with E-state index < -0.39 is 20.0 Å². The molecule has 0 rings (SSSR count). The van der Waals surface area contributed by atoms with Crippen molar-refractivity contribution in [1.82, 2.24) is 5.32 Å². The summed E-state index contributed by atoms with van der Waals surface area (Å²) in [6.07, 6.45) is 73.6. The van der Waals surface area contributed by atoms with Crippen LogP contribution in [0.25, 0.3) is 0 Å². The molecule has 0 bridgehead atoms. The van der Waals surface area contributed by atoms with Crippen LogP contribution in [0.1, 0.15) is 271 Å². The van der Waals surface area contributed by atoms with Gasteiger partial charge in [0.25, 0.3) is 7.82 Å². The van der Waals surface area contributed by atoms with Gasteiger partial charge in [0, 0.05) is 6.42 Å². The molecule has 0 saturated carbocycles. The summed E-state index contributed by atoms with van der Waals surface area (Å²) in [5.74, 6) is -0.169. The molecule has 2 N–H and O–H groups in total. The maximum absolute atomic E-state index is 13.0. The minimum absolute atomic E-state index is 0.00895. The number of carbonyl (C=O) groups is 1. The van der Waals surface area contributed by atoms with Gasteiger partial charge in [0.2, 0.25) is 5.91 Å². The van der Waals surface area contributed by atoms with Crippen molar-refractivity contribution in [3.8, 4) is 0 Å². The fraction of sp³-hybridized carbons (Fsp3) is 0.794. The molecule has 0 aliphatic carbocycles. The van der Waals surface area contributed by atoms with Gasteiger partial charge in [0.1, 0.15) is 13.2 Å². The predicted molar refractivity (Wildman–Crippen MR) is 311 cm³/mol. The third-order valence-corrected chi connectivity index (χ3v) is 14.4. The van der Waals surface area contributed by atoms with Crippen LogP contribution in [0.15, 0.2) is 72.9 Å². The fourth-order valence-electron chi connectivity index (χ4n) is 8.75. The number of aliphatic hydroxyl groups excluding tert-OH is 1. The van der Waals surface area contributed by atoms with Crippen molar-refractivity contribution < 1.29 is 32.9 Å². The second-order valence-corrected chi connectivity index (χ2v) is 23.1. The number of aliphatic hydroxyl groups is 1. The number of unbranched alkanes of at least 4 members (excludes halogenated alkanes) is 30. The molecule has 0 fully saturated rings. The molecule has 420 valence electrons. The molecule has 0 radical (unpaired) electrons. The average molecular weight is 1030 g/mol. The minimum Gasteiger partial charge on any atom is -0.756 e. The summed E-state index contributed by atoms with van der Waals surface area (Å²) < 4.78 is 23.5. The molecule has 3 atom stereocenters. The highest BCUT2D eigenvalue weighted by atomic mass is 31.2. The SMILES string of the molecule is CC/C=C\C/C=C\C/C=C\C/C=C\C/C=C\C/C=C\CCCCCCCCCCCCC(=O)NC(COP(=O)([O-])OCC[N+](C)(C)C)C(O)CCCCCCCCCCCCCCCCCCCCCCC. The number of nitrogens with one attached hydrogen (secondary N) is 1. The second kappa shape index (κ2) is 53.8. The number of hydrogen-bond donors (Lipinski definition) is 2. The highest BCUT2D eigenvalue weighted by Gasteiger charge is 2.24. The van der Waals surface area contributed by atoms with Crippen LogP contribution < -0.4 is 10.2 Å². The van der Waals surface area contributed by atoms with Gasteiger partial charge in [-0.25, -0.2) is 0 Å². The lowest BCUT2D eigenvalue weighted by atomic mass is 10.0. The van der Waals surface area contributed by atoms with Crippen molar-refractivity contribution in [3.63, 3.8) is 0 Å². The van der Waals surface area contributed by atoms with Gasteiger partial charge in [0.05, 0.1) is 39.9 Å². The summed E-state index contributed by atoms with van der Waals surface area (Å²) >= 11 is 0. The highest BCUT2D eigenvalue weighted by Crippen LogP contribution is 2.38. The Morgan fingerprint density at radius 2 is 0.847 bits per heavy atom. The molecule has 0 aliphatic heterocycles. The van der Waals surface area contributed by atoms with E-state index in [-0.39, 0.29) is 19.1 Å². The first-order valence-corrected chi connectivity index (χ1v) is 31.7. The third kappa shape index (κ3) is 55.7. The fourth-order valence-corrected chi connectivity index (χ4v) is 9.47. The standard InChI is InChI=1S/C63H117N2O6P/c1-6-8-10-12-14-16-18-20-22-24-26-28-29-30-31-32-33-34-35-37-39-41-43-45-47-49-51-53-55-57-63(67)64-61(60-71-72(68,69)70-59-58-65(3,4)5)62(66)56-54-52-50-48-46-44-42-40-38-36-27-25-23-21-19-17-15-13-11-9-7-2/h8,10,14,16,20,22,26,28,30-31,33-34,61-62,66H,6-7,9,11-13,15,17-19,21,23-25,27,29,32,35-60H2,1-5H3,(H-,64,67,68,69)/b10-8-,16-14-,22-20-,28-26-,31-30-,34-33-. The number of rotatable bonds is 55. The lowest BCUT2D eigenvalue weighted by Gasteiger charge is -2.30. The van der Waals surface area contributed by atoms with Crippen LogP contribution in [0.5, 0.6) is 0 Å². The zero-order valence-electron chi connectivity index (χ0n) is 47.9. The van der Waals surface area contributed by atoms with Crippen molar-refractivity contribution in [1.29, 1.82) is 0 Å². The molecule has 0 spiro atoms. The molecule has 0 aliphatic rings. The van der Waals surface area contributed by atoms with Crippen molar-refractivity contribution >= 4 is 13.7 Å². The van der Waals surface area contributed by atoms with Gasteiger partial charge in [-0.15, -0.1) is 0 Å². The van der Waals surface area contributed by atoms with E-state index in [1.165, 1.54) is 161 Å². The minimum atomic E-state index is -4.58. The lowest BCUT2D eigenvalue weighted by Crippen LogP contribution is -2.46. The van der Waals surface area contributed by atoms with Gasteiger partial charge in [-0.2, -0.15) is 0 Å². The zero-order chi connectivity index (χ0) is 52.7. The molecule has 0 aromatic rings. The van der Waals surface area contributed by atoms with Crippen LogP contribution in [0.3, 0.4) is 0 Å². The van der Waals surface area contributed by atoms with Crippen molar-refractivity contribution in [2.45, 2.75) is 283 Å². The van der Waals surface area contributed by atoms with Gasteiger partial charge in [-0.05, 0) is 64.2 Å². The summed E-state index contributed by atoms with van der Waals surface area (Å²) in [5.41, 5.74) is 0. The highest BCUT2D eigenvalue weighted by molar-refractivity contribution is 7.45. The second-order valence-electron chi connectivity index (χ2n) is 21.7. The van der Waals surface area contributed by atoms with E-state index in [4.69, 9.17) is 9.05 Å². The monoisotopic (exact) mass is 1030 g/mol. The molecular formula is C63H117N2O6P. The Morgan fingerprint density at radius 3 is 1.24 bits per heavy atom.